The third-order valence-corrected chi connectivity index (χ3v) is 6.63. The normalized spacial score (nSPS) is 14.7. The largest absolute Gasteiger partial charge is 0.345 e. The van der Waals surface area contributed by atoms with Gasteiger partial charge in [0.15, 0.2) is 5.82 Å². The van der Waals surface area contributed by atoms with Crippen LogP contribution in [0.25, 0.3) is 22.6 Å². The van der Waals surface area contributed by atoms with E-state index < -0.39 is 0 Å². The Morgan fingerprint density at radius 1 is 1.00 bits per heavy atom. The lowest BCUT2D eigenvalue weighted by Crippen LogP contribution is -2.16. The van der Waals surface area contributed by atoms with Crippen LogP contribution in [0.1, 0.15) is 58.1 Å². The highest BCUT2D eigenvalue weighted by Crippen LogP contribution is 2.33. The minimum atomic E-state index is -0.0176. The first-order valence-corrected chi connectivity index (χ1v) is 12.0. The topological polar surface area (TPSA) is 84.7 Å². The number of amides is 1. The van der Waals surface area contributed by atoms with Crippen LogP contribution in [0.5, 0.6) is 0 Å². The Kier molecular flexibility index (Phi) is 5.63. The maximum Gasteiger partial charge on any atom is 0.252 e. The Bertz CT molecular complexity index is 1470. The number of nitrogens with zero attached hydrogens (tertiary/aromatic N) is 4. The van der Waals surface area contributed by atoms with Crippen molar-refractivity contribution >= 4 is 17.5 Å². The van der Waals surface area contributed by atoms with Crippen LogP contribution in [-0.2, 0) is 6.54 Å². The number of fused-ring (bicyclic) bond motifs is 1. The molecule has 5 rings (SSSR count). The predicted molar refractivity (Wildman–Crippen MR) is 139 cm³/mol. The molecular weight excluding hydrogens is 436 g/mol. The van der Waals surface area contributed by atoms with Crippen LogP contribution >= 0.6 is 0 Å². The Labute approximate surface area is 205 Å². The molecule has 0 saturated carbocycles. The quantitative estimate of drug-likeness (QED) is 0.388. The van der Waals surface area contributed by atoms with Crippen LogP contribution < -0.4 is 10.6 Å². The van der Waals surface area contributed by atoms with Gasteiger partial charge in [0.2, 0.25) is 5.95 Å². The SMILES string of the molecule is CCn1nc(-c2ccc(-c3ncc(C)cc3C)c(C)c2)nc1Nc1cc2c(cc1C)C(=O)NC2C. The Hall–Kier alpha value is -4.00. The van der Waals surface area contributed by atoms with Crippen LogP contribution in [0.3, 0.4) is 0 Å². The van der Waals surface area contributed by atoms with Crippen molar-refractivity contribution in [1.82, 2.24) is 25.1 Å². The van der Waals surface area contributed by atoms with Crippen molar-refractivity contribution in [3.05, 3.63) is 76.0 Å². The van der Waals surface area contributed by atoms with Gasteiger partial charge in [-0.1, -0.05) is 18.2 Å². The number of rotatable bonds is 5. The number of nitrogens with one attached hydrogen (secondary N) is 2. The Balaban J connectivity index is 1.48. The lowest BCUT2D eigenvalue weighted by molar-refractivity contribution is 0.0958. The predicted octanol–water partition coefficient (Wildman–Crippen LogP) is 5.81. The molecule has 4 aromatic rings. The minimum Gasteiger partial charge on any atom is -0.345 e. The molecule has 3 heterocycles. The molecule has 7 nitrogen and oxygen atoms in total. The first-order chi connectivity index (χ1) is 16.7. The second kappa shape index (κ2) is 8.65. The van der Waals surface area contributed by atoms with Gasteiger partial charge in [-0.2, -0.15) is 4.98 Å². The van der Waals surface area contributed by atoms with Gasteiger partial charge in [0.1, 0.15) is 0 Å². The number of benzene rings is 2. The van der Waals surface area contributed by atoms with E-state index in [-0.39, 0.29) is 11.9 Å². The molecule has 0 radical (unpaired) electrons. The molecule has 0 spiro atoms. The number of carbonyl (C=O) groups is 1. The van der Waals surface area contributed by atoms with Gasteiger partial charge in [-0.25, -0.2) is 4.68 Å². The summed E-state index contributed by atoms with van der Waals surface area (Å²) < 4.78 is 1.86. The van der Waals surface area contributed by atoms with E-state index in [4.69, 9.17) is 10.1 Å². The summed E-state index contributed by atoms with van der Waals surface area (Å²) in [6.07, 6.45) is 1.91. The molecule has 1 atom stereocenters. The highest BCUT2D eigenvalue weighted by Gasteiger charge is 2.26. The lowest BCUT2D eigenvalue weighted by Gasteiger charge is -2.12. The molecule has 1 aliphatic heterocycles. The summed E-state index contributed by atoms with van der Waals surface area (Å²) in [5.41, 5.74) is 10.2. The Morgan fingerprint density at radius 3 is 2.51 bits per heavy atom. The summed E-state index contributed by atoms with van der Waals surface area (Å²) in [4.78, 5) is 21.7. The van der Waals surface area contributed by atoms with E-state index in [1.54, 1.807) is 0 Å². The van der Waals surface area contributed by atoms with E-state index in [1.165, 1.54) is 0 Å². The highest BCUT2D eigenvalue weighted by molar-refractivity contribution is 6.00. The average molecular weight is 467 g/mol. The third-order valence-electron chi connectivity index (χ3n) is 6.63. The maximum atomic E-state index is 12.2. The number of carbonyl (C=O) groups excluding carboxylic acids is 1. The standard InChI is InChI=1S/C28H30N6O/c1-7-34-28(31-24-13-22-19(6)30-27(35)23(22)12-17(24)4)32-26(33-34)20-8-9-21(16(3)11-20)25-18(5)10-15(2)14-29-25/h8-14,19H,7H2,1-6H3,(H,30,35)(H,31,32,33). The monoisotopic (exact) mass is 466 g/mol. The van der Waals surface area contributed by atoms with E-state index in [9.17, 15) is 4.79 Å². The van der Waals surface area contributed by atoms with Gasteiger partial charge in [0.25, 0.3) is 5.91 Å². The number of hydrogen-bond acceptors (Lipinski definition) is 5. The van der Waals surface area contributed by atoms with E-state index in [0.29, 0.717) is 18.3 Å². The molecule has 2 aromatic heterocycles. The molecule has 35 heavy (non-hydrogen) atoms. The van der Waals surface area contributed by atoms with Crippen molar-refractivity contribution in [2.45, 2.75) is 54.1 Å². The summed E-state index contributed by atoms with van der Waals surface area (Å²) in [6.45, 7) is 13.0. The summed E-state index contributed by atoms with van der Waals surface area (Å²) in [7, 11) is 0. The zero-order valence-electron chi connectivity index (χ0n) is 21.0. The fraction of sp³-hybridized carbons (Fsp3) is 0.286. The van der Waals surface area contributed by atoms with Gasteiger partial charge >= 0.3 is 0 Å². The summed E-state index contributed by atoms with van der Waals surface area (Å²) in [6, 6.07) is 12.4. The number of aromatic nitrogens is 4. The molecular formula is C28H30N6O. The first kappa shape index (κ1) is 22.8. The van der Waals surface area contributed by atoms with Crippen LogP contribution in [0.15, 0.2) is 42.6 Å². The summed E-state index contributed by atoms with van der Waals surface area (Å²) in [5, 5.41) is 11.2. The maximum absolute atomic E-state index is 12.2. The van der Waals surface area contributed by atoms with Crippen LogP contribution in [0, 0.1) is 27.7 Å². The van der Waals surface area contributed by atoms with Crippen molar-refractivity contribution in [2.75, 3.05) is 5.32 Å². The zero-order valence-corrected chi connectivity index (χ0v) is 21.0. The lowest BCUT2D eigenvalue weighted by atomic mass is 9.98. The molecule has 7 heteroatoms. The molecule has 1 aliphatic rings. The number of anilines is 2. The van der Waals surface area contributed by atoms with Gasteiger partial charge < -0.3 is 10.6 Å². The zero-order chi connectivity index (χ0) is 24.9. The second-order valence-electron chi connectivity index (χ2n) is 9.36. The number of aryl methyl sites for hydroxylation is 5. The fourth-order valence-electron chi connectivity index (χ4n) is 4.73. The number of pyridine rings is 1. The van der Waals surface area contributed by atoms with Crippen molar-refractivity contribution in [1.29, 1.82) is 0 Å². The van der Waals surface area contributed by atoms with Crippen molar-refractivity contribution in [2.24, 2.45) is 0 Å². The molecule has 2 N–H and O–H groups in total. The minimum absolute atomic E-state index is 0.00796. The summed E-state index contributed by atoms with van der Waals surface area (Å²) >= 11 is 0. The molecule has 1 unspecified atom stereocenters. The van der Waals surface area contributed by atoms with Gasteiger partial charge in [-0.3, -0.25) is 9.78 Å². The third kappa shape index (κ3) is 4.07. The first-order valence-electron chi connectivity index (χ1n) is 12.0. The Morgan fingerprint density at radius 2 is 1.80 bits per heavy atom. The molecule has 178 valence electrons. The van der Waals surface area contributed by atoms with Gasteiger partial charge in [0, 0.05) is 35.1 Å². The van der Waals surface area contributed by atoms with Crippen molar-refractivity contribution in [3.63, 3.8) is 0 Å². The molecule has 0 aliphatic carbocycles. The number of hydrogen-bond donors (Lipinski definition) is 2. The summed E-state index contributed by atoms with van der Waals surface area (Å²) in [5.74, 6) is 1.32. The van der Waals surface area contributed by atoms with E-state index in [1.807, 2.05) is 43.8 Å². The van der Waals surface area contributed by atoms with Crippen LogP contribution in [0.4, 0.5) is 11.6 Å². The second-order valence-corrected chi connectivity index (χ2v) is 9.36. The van der Waals surface area contributed by atoms with E-state index in [2.05, 4.69) is 60.7 Å². The molecule has 0 fully saturated rings. The van der Waals surface area contributed by atoms with Gasteiger partial charge in [-0.05, 0) is 87.6 Å². The van der Waals surface area contributed by atoms with Gasteiger partial charge in [-0.15, -0.1) is 5.10 Å². The average Bonchev–Trinajstić information content (AvgIpc) is 3.34. The fourth-order valence-corrected chi connectivity index (χ4v) is 4.73. The molecule has 1 amide bonds. The smallest absolute Gasteiger partial charge is 0.252 e. The molecule has 0 saturated heterocycles. The molecule has 2 aromatic carbocycles. The van der Waals surface area contributed by atoms with Gasteiger partial charge in [0.05, 0.1) is 11.7 Å². The highest BCUT2D eigenvalue weighted by atomic mass is 16.2. The van der Waals surface area contributed by atoms with E-state index in [0.717, 1.165) is 55.9 Å². The van der Waals surface area contributed by atoms with Crippen molar-refractivity contribution in [3.8, 4) is 22.6 Å². The van der Waals surface area contributed by atoms with E-state index >= 15 is 0 Å². The molecule has 0 bridgehead atoms. The van der Waals surface area contributed by atoms with Crippen LogP contribution in [-0.4, -0.2) is 25.7 Å². The van der Waals surface area contributed by atoms with Crippen molar-refractivity contribution < 1.29 is 4.79 Å². The van der Waals surface area contributed by atoms with Crippen LogP contribution in [0.2, 0.25) is 0 Å².